The first-order chi connectivity index (χ1) is 13.5. The molecule has 0 saturated carbocycles. The van der Waals surface area contributed by atoms with Gasteiger partial charge in [-0.25, -0.2) is 0 Å². The van der Waals surface area contributed by atoms with E-state index in [0.717, 1.165) is 22.6 Å². The molecule has 0 spiro atoms. The van der Waals surface area contributed by atoms with E-state index in [4.69, 9.17) is 4.74 Å². The summed E-state index contributed by atoms with van der Waals surface area (Å²) in [5.41, 5.74) is 2.68. The van der Waals surface area contributed by atoms with E-state index >= 15 is 0 Å². The largest absolute Gasteiger partial charge is 0.497 e. The fourth-order valence-electron chi connectivity index (χ4n) is 3.10. The Balaban J connectivity index is 1.96. The number of aliphatic hydroxyl groups is 1. The molecule has 28 heavy (non-hydrogen) atoms. The molecule has 0 saturated heterocycles. The Hall–Kier alpha value is -2.28. The topological polar surface area (TPSA) is 53.0 Å². The van der Waals surface area contributed by atoms with Crippen molar-refractivity contribution in [1.29, 1.82) is 0 Å². The number of ether oxygens (including phenoxy) is 1. The van der Waals surface area contributed by atoms with Gasteiger partial charge in [0.05, 0.1) is 18.1 Å². The molecule has 0 bridgehead atoms. The van der Waals surface area contributed by atoms with Gasteiger partial charge in [-0.1, -0.05) is 42.5 Å². The fourth-order valence-corrected chi connectivity index (χ4v) is 4.22. The summed E-state index contributed by atoms with van der Waals surface area (Å²) in [5, 5.41) is 12.5. The lowest BCUT2D eigenvalue weighted by Gasteiger charge is -2.28. The van der Waals surface area contributed by atoms with E-state index in [1.165, 1.54) is 11.8 Å². The maximum atomic E-state index is 13.2. The Bertz CT molecular complexity index is 821. The van der Waals surface area contributed by atoms with Gasteiger partial charge in [0.15, 0.2) is 0 Å². The van der Waals surface area contributed by atoms with Crippen molar-refractivity contribution in [2.45, 2.75) is 11.4 Å². The van der Waals surface area contributed by atoms with E-state index in [1.807, 2.05) is 79.0 Å². The molecule has 2 unspecified atom stereocenters. The van der Waals surface area contributed by atoms with Crippen LogP contribution in [0.15, 0.2) is 60.0 Å². The molecule has 2 aromatic rings. The molecule has 1 heterocycles. The number of rotatable bonds is 6. The molecule has 1 N–H and O–H groups in total. The van der Waals surface area contributed by atoms with Crippen LogP contribution in [-0.4, -0.2) is 61.2 Å². The number of thioether (sulfide) groups is 1. The highest BCUT2D eigenvalue weighted by Gasteiger charge is 2.35. The first kappa shape index (κ1) is 20.5. The second-order valence-electron chi connectivity index (χ2n) is 6.94. The van der Waals surface area contributed by atoms with Crippen molar-refractivity contribution in [2.75, 3.05) is 34.3 Å². The summed E-state index contributed by atoms with van der Waals surface area (Å²) in [6.07, 6.45) is -1.13. The number of methoxy groups -OCH3 is 1. The van der Waals surface area contributed by atoms with Gasteiger partial charge in [0.1, 0.15) is 11.9 Å². The molecule has 3 rings (SSSR count). The molecule has 5 nitrogen and oxygen atoms in total. The third-order valence-electron chi connectivity index (χ3n) is 4.71. The van der Waals surface area contributed by atoms with Crippen molar-refractivity contribution >= 4 is 23.4 Å². The summed E-state index contributed by atoms with van der Waals surface area (Å²) in [6.45, 7) is 1.22. The van der Waals surface area contributed by atoms with Gasteiger partial charge >= 0.3 is 0 Å². The van der Waals surface area contributed by atoms with Gasteiger partial charge in [0, 0.05) is 13.1 Å². The minimum absolute atomic E-state index is 0.275. The molecule has 0 aliphatic carbocycles. The molecule has 148 valence electrons. The number of benzene rings is 2. The maximum absolute atomic E-state index is 13.2. The van der Waals surface area contributed by atoms with Gasteiger partial charge in [0.2, 0.25) is 0 Å². The average molecular weight is 399 g/mol. The van der Waals surface area contributed by atoms with Crippen molar-refractivity contribution in [2.24, 2.45) is 0 Å². The summed E-state index contributed by atoms with van der Waals surface area (Å²) in [7, 11) is 5.56. The Kier molecular flexibility index (Phi) is 6.78. The van der Waals surface area contributed by atoms with E-state index in [9.17, 15) is 9.90 Å². The number of hydrogen-bond acceptors (Lipinski definition) is 5. The van der Waals surface area contributed by atoms with Crippen molar-refractivity contribution in [3.05, 3.63) is 71.1 Å². The number of carbonyl (C=O) groups is 1. The molecule has 1 amide bonds. The normalized spacial score (nSPS) is 20.1. The first-order valence-electron chi connectivity index (χ1n) is 9.20. The summed E-state index contributed by atoms with van der Waals surface area (Å²) in [4.78, 5) is 17.0. The van der Waals surface area contributed by atoms with Crippen LogP contribution in [0.1, 0.15) is 16.4 Å². The zero-order valence-corrected chi connectivity index (χ0v) is 17.2. The van der Waals surface area contributed by atoms with E-state index in [-0.39, 0.29) is 11.2 Å². The Morgan fingerprint density at radius 1 is 1.11 bits per heavy atom. The smallest absolute Gasteiger partial charge is 0.257 e. The van der Waals surface area contributed by atoms with Gasteiger partial charge in [-0.15, -0.1) is 11.8 Å². The summed E-state index contributed by atoms with van der Waals surface area (Å²) >= 11 is 1.47. The predicted molar refractivity (Wildman–Crippen MR) is 114 cm³/mol. The highest BCUT2D eigenvalue weighted by atomic mass is 32.2. The second-order valence-corrected chi connectivity index (χ2v) is 7.95. The number of aliphatic hydroxyl groups excluding tert-OH is 1. The number of nitrogens with zero attached hydrogens (tertiary/aromatic N) is 2. The first-order valence-corrected chi connectivity index (χ1v) is 10.1. The second kappa shape index (κ2) is 9.28. The van der Waals surface area contributed by atoms with Gasteiger partial charge in [-0.3, -0.25) is 4.79 Å². The molecule has 0 radical (unpaired) electrons. The highest BCUT2D eigenvalue weighted by Crippen LogP contribution is 2.40. The van der Waals surface area contributed by atoms with Crippen molar-refractivity contribution in [1.82, 2.24) is 9.80 Å². The minimum Gasteiger partial charge on any atom is -0.497 e. The summed E-state index contributed by atoms with van der Waals surface area (Å²) in [5.74, 6) is 0.471. The number of amides is 1. The molecule has 6 heteroatoms. The number of hydrogen-bond donors (Lipinski definition) is 1. The third kappa shape index (κ3) is 4.58. The van der Waals surface area contributed by atoms with Gasteiger partial charge in [-0.05, 0) is 42.8 Å². The third-order valence-corrected chi connectivity index (χ3v) is 5.89. The quantitative estimate of drug-likeness (QED) is 0.810. The molecule has 1 aliphatic heterocycles. The standard InChI is InChI=1S/C22H26N2O3S/c1-23(2)13-14-24-19(16-7-5-4-6-8-16)15-28-21(20(25)22(24)26)17-9-11-18(27-3)12-10-17/h4-12,15,20-21,25H,13-14H2,1-3H3. The lowest BCUT2D eigenvalue weighted by Crippen LogP contribution is -2.42. The molecule has 2 aromatic carbocycles. The summed E-state index contributed by atoms with van der Waals surface area (Å²) < 4.78 is 5.21. The van der Waals surface area contributed by atoms with Crippen molar-refractivity contribution in [3.63, 3.8) is 0 Å². The van der Waals surface area contributed by atoms with Gasteiger partial charge < -0.3 is 19.6 Å². The van der Waals surface area contributed by atoms with E-state index in [2.05, 4.69) is 0 Å². The lowest BCUT2D eigenvalue weighted by atomic mass is 10.0. The van der Waals surface area contributed by atoms with Crippen LogP contribution in [0.4, 0.5) is 0 Å². The number of likely N-dealkylation sites (N-methyl/N-ethyl adjacent to an activating group) is 1. The molecular formula is C22H26N2O3S. The highest BCUT2D eigenvalue weighted by molar-refractivity contribution is 8.02. The minimum atomic E-state index is -1.13. The Morgan fingerprint density at radius 3 is 2.39 bits per heavy atom. The zero-order valence-electron chi connectivity index (χ0n) is 16.4. The molecule has 2 atom stereocenters. The van der Waals surface area contributed by atoms with Crippen molar-refractivity contribution < 1.29 is 14.6 Å². The Morgan fingerprint density at radius 2 is 1.79 bits per heavy atom. The average Bonchev–Trinajstić information content (AvgIpc) is 2.84. The van der Waals surface area contributed by atoms with E-state index in [1.54, 1.807) is 12.0 Å². The van der Waals surface area contributed by atoms with Crippen LogP contribution in [0.25, 0.3) is 5.70 Å². The SMILES string of the molecule is COc1ccc(C2SC=C(c3ccccc3)N(CCN(C)C)C(=O)C2O)cc1. The molecule has 0 fully saturated rings. The summed E-state index contributed by atoms with van der Waals surface area (Å²) in [6, 6.07) is 17.3. The van der Waals surface area contributed by atoms with Gasteiger partial charge in [0.25, 0.3) is 5.91 Å². The molecular weight excluding hydrogens is 372 g/mol. The Labute approximate surface area is 170 Å². The van der Waals surface area contributed by atoms with Crippen LogP contribution in [0, 0.1) is 0 Å². The predicted octanol–water partition coefficient (Wildman–Crippen LogP) is 3.23. The van der Waals surface area contributed by atoms with E-state index < -0.39 is 6.10 Å². The van der Waals surface area contributed by atoms with Crippen LogP contribution in [0.3, 0.4) is 0 Å². The van der Waals surface area contributed by atoms with Crippen LogP contribution < -0.4 is 4.74 Å². The van der Waals surface area contributed by atoms with Gasteiger partial charge in [-0.2, -0.15) is 0 Å². The van der Waals surface area contributed by atoms with Crippen LogP contribution in [-0.2, 0) is 4.79 Å². The fraction of sp³-hybridized carbons (Fsp3) is 0.318. The van der Waals surface area contributed by atoms with Crippen LogP contribution >= 0.6 is 11.8 Å². The zero-order chi connectivity index (χ0) is 20.1. The molecule has 1 aliphatic rings. The number of carbonyl (C=O) groups excluding carboxylic acids is 1. The van der Waals surface area contributed by atoms with Crippen LogP contribution in [0.5, 0.6) is 5.75 Å². The van der Waals surface area contributed by atoms with E-state index in [0.29, 0.717) is 13.1 Å². The van der Waals surface area contributed by atoms with Crippen molar-refractivity contribution in [3.8, 4) is 5.75 Å². The van der Waals surface area contributed by atoms with Crippen LogP contribution in [0.2, 0.25) is 0 Å². The monoisotopic (exact) mass is 398 g/mol. The lowest BCUT2D eigenvalue weighted by molar-refractivity contribution is -0.136. The molecule has 0 aromatic heterocycles. The maximum Gasteiger partial charge on any atom is 0.257 e.